The number of benzene rings is 1. The number of aliphatic carboxylic acids is 1. The van der Waals surface area contributed by atoms with Crippen LogP contribution in [-0.4, -0.2) is 36.1 Å². The number of halogens is 1. The predicted octanol–water partition coefficient (Wildman–Crippen LogP) is 0.936. The van der Waals surface area contributed by atoms with Crippen LogP contribution < -0.4 is 16.4 Å². The molecule has 5 N–H and O–H groups in total. The SMILES string of the molecule is NCCCCC(NC(=O)CNc1ccccc1F)C(=O)O. The Labute approximate surface area is 122 Å². The van der Waals surface area contributed by atoms with Crippen molar-refractivity contribution in [2.75, 3.05) is 18.4 Å². The minimum Gasteiger partial charge on any atom is -0.480 e. The van der Waals surface area contributed by atoms with Gasteiger partial charge in [-0.25, -0.2) is 9.18 Å². The van der Waals surface area contributed by atoms with Crippen molar-refractivity contribution in [3.63, 3.8) is 0 Å². The first-order chi connectivity index (χ1) is 10.0. The van der Waals surface area contributed by atoms with Gasteiger partial charge in [-0.1, -0.05) is 12.1 Å². The summed E-state index contributed by atoms with van der Waals surface area (Å²) in [5, 5.41) is 14.0. The number of carbonyl (C=O) groups excluding carboxylic acids is 1. The molecular weight excluding hydrogens is 277 g/mol. The molecule has 0 bridgehead atoms. The number of rotatable bonds is 9. The number of nitrogens with one attached hydrogen (secondary N) is 2. The molecule has 0 fully saturated rings. The number of para-hydroxylation sites is 1. The van der Waals surface area contributed by atoms with E-state index in [1.165, 1.54) is 12.1 Å². The molecule has 1 atom stereocenters. The molecule has 0 aliphatic heterocycles. The van der Waals surface area contributed by atoms with E-state index in [-0.39, 0.29) is 12.2 Å². The van der Waals surface area contributed by atoms with E-state index in [1.54, 1.807) is 12.1 Å². The average molecular weight is 297 g/mol. The number of amides is 1. The number of carbonyl (C=O) groups is 2. The topological polar surface area (TPSA) is 104 Å². The van der Waals surface area contributed by atoms with Gasteiger partial charge >= 0.3 is 5.97 Å². The maximum absolute atomic E-state index is 13.3. The fraction of sp³-hybridized carbons (Fsp3) is 0.429. The Morgan fingerprint density at radius 1 is 1.29 bits per heavy atom. The summed E-state index contributed by atoms with van der Waals surface area (Å²) in [6, 6.07) is 4.99. The quantitative estimate of drug-likeness (QED) is 0.508. The summed E-state index contributed by atoms with van der Waals surface area (Å²) in [7, 11) is 0. The van der Waals surface area contributed by atoms with Gasteiger partial charge in [0.25, 0.3) is 0 Å². The van der Waals surface area contributed by atoms with Gasteiger partial charge in [-0.2, -0.15) is 0 Å². The van der Waals surface area contributed by atoms with Crippen molar-refractivity contribution in [2.45, 2.75) is 25.3 Å². The Morgan fingerprint density at radius 3 is 2.62 bits per heavy atom. The average Bonchev–Trinajstić information content (AvgIpc) is 2.45. The molecule has 1 aromatic rings. The summed E-state index contributed by atoms with van der Waals surface area (Å²) < 4.78 is 13.3. The van der Waals surface area contributed by atoms with Crippen LogP contribution in [0.2, 0.25) is 0 Å². The van der Waals surface area contributed by atoms with E-state index >= 15 is 0 Å². The molecule has 0 aromatic heterocycles. The van der Waals surface area contributed by atoms with E-state index in [0.717, 1.165) is 0 Å². The molecule has 21 heavy (non-hydrogen) atoms. The van der Waals surface area contributed by atoms with Crippen molar-refractivity contribution >= 4 is 17.6 Å². The standard InChI is InChI=1S/C14H20FN3O3/c15-10-5-1-2-6-11(10)17-9-13(19)18-12(14(20)21)7-3-4-8-16/h1-2,5-6,12,17H,3-4,7-9,16H2,(H,18,19)(H,20,21). The van der Waals surface area contributed by atoms with Crippen LogP contribution in [0.4, 0.5) is 10.1 Å². The molecule has 1 amide bonds. The number of hydrogen-bond acceptors (Lipinski definition) is 4. The summed E-state index contributed by atoms with van der Waals surface area (Å²) in [6.07, 6.45) is 1.64. The summed E-state index contributed by atoms with van der Waals surface area (Å²) in [4.78, 5) is 22.7. The molecular formula is C14H20FN3O3. The van der Waals surface area contributed by atoms with Crippen LogP contribution in [0.15, 0.2) is 24.3 Å². The fourth-order valence-electron chi connectivity index (χ4n) is 1.78. The number of carboxylic acid groups (broad SMARTS) is 1. The lowest BCUT2D eigenvalue weighted by Gasteiger charge is -2.15. The minimum absolute atomic E-state index is 0.193. The second kappa shape index (κ2) is 8.91. The van der Waals surface area contributed by atoms with Gasteiger partial charge in [0, 0.05) is 0 Å². The summed E-state index contributed by atoms with van der Waals surface area (Å²) in [6.45, 7) is 0.288. The van der Waals surface area contributed by atoms with E-state index in [2.05, 4.69) is 10.6 Å². The highest BCUT2D eigenvalue weighted by Gasteiger charge is 2.19. The summed E-state index contributed by atoms with van der Waals surface area (Å²) >= 11 is 0. The van der Waals surface area contributed by atoms with Crippen LogP contribution in [0.1, 0.15) is 19.3 Å². The fourth-order valence-corrected chi connectivity index (χ4v) is 1.78. The number of hydrogen-bond donors (Lipinski definition) is 4. The Morgan fingerprint density at radius 2 is 2.00 bits per heavy atom. The zero-order chi connectivity index (χ0) is 15.7. The molecule has 6 nitrogen and oxygen atoms in total. The van der Waals surface area contributed by atoms with E-state index in [4.69, 9.17) is 10.8 Å². The highest BCUT2D eigenvalue weighted by atomic mass is 19.1. The third-order valence-corrected chi connectivity index (χ3v) is 2.89. The van der Waals surface area contributed by atoms with Gasteiger partial charge in [-0.3, -0.25) is 4.79 Å². The zero-order valence-corrected chi connectivity index (χ0v) is 11.6. The van der Waals surface area contributed by atoms with Gasteiger partial charge in [0.1, 0.15) is 11.9 Å². The van der Waals surface area contributed by atoms with Crippen molar-refractivity contribution in [1.29, 1.82) is 0 Å². The van der Waals surface area contributed by atoms with Gasteiger partial charge in [0.15, 0.2) is 0 Å². The summed E-state index contributed by atoms with van der Waals surface area (Å²) in [5.41, 5.74) is 5.53. The van der Waals surface area contributed by atoms with Gasteiger partial charge in [-0.05, 0) is 37.9 Å². The molecule has 7 heteroatoms. The second-order valence-electron chi connectivity index (χ2n) is 4.58. The third-order valence-electron chi connectivity index (χ3n) is 2.89. The van der Waals surface area contributed by atoms with Crippen LogP contribution in [0, 0.1) is 5.82 Å². The normalized spacial score (nSPS) is 11.7. The van der Waals surface area contributed by atoms with E-state index in [0.29, 0.717) is 25.8 Å². The predicted molar refractivity (Wildman–Crippen MR) is 77.4 cm³/mol. The lowest BCUT2D eigenvalue weighted by Crippen LogP contribution is -2.43. The molecule has 0 saturated carbocycles. The number of unbranched alkanes of at least 4 members (excludes halogenated alkanes) is 1. The molecule has 0 spiro atoms. The van der Waals surface area contributed by atoms with Crippen molar-refractivity contribution in [3.8, 4) is 0 Å². The lowest BCUT2D eigenvalue weighted by molar-refractivity contribution is -0.141. The van der Waals surface area contributed by atoms with E-state index in [1.807, 2.05) is 0 Å². The van der Waals surface area contributed by atoms with Crippen molar-refractivity contribution < 1.29 is 19.1 Å². The molecule has 1 aromatic carbocycles. The molecule has 0 saturated heterocycles. The molecule has 1 rings (SSSR count). The van der Waals surface area contributed by atoms with Gasteiger partial charge in [-0.15, -0.1) is 0 Å². The van der Waals surface area contributed by atoms with Crippen LogP contribution >= 0.6 is 0 Å². The minimum atomic E-state index is -1.09. The number of nitrogens with two attached hydrogens (primary N) is 1. The van der Waals surface area contributed by atoms with Crippen LogP contribution in [0.25, 0.3) is 0 Å². The molecule has 0 radical (unpaired) electrons. The van der Waals surface area contributed by atoms with Crippen LogP contribution in [0.3, 0.4) is 0 Å². The lowest BCUT2D eigenvalue weighted by atomic mass is 10.1. The Hall–Kier alpha value is -2.15. The number of carboxylic acids is 1. The molecule has 116 valence electrons. The number of anilines is 1. The largest absolute Gasteiger partial charge is 0.480 e. The Bertz CT molecular complexity index is 482. The van der Waals surface area contributed by atoms with Gasteiger partial charge < -0.3 is 21.5 Å². The van der Waals surface area contributed by atoms with Crippen LogP contribution in [0.5, 0.6) is 0 Å². The molecule has 0 aliphatic rings. The molecule has 0 aliphatic carbocycles. The van der Waals surface area contributed by atoms with E-state index in [9.17, 15) is 14.0 Å². The van der Waals surface area contributed by atoms with Crippen molar-refractivity contribution in [3.05, 3.63) is 30.1 Å². The third kappa shape index (κ3) is 6.22. The maximum atomic E-state index is 13.3. The van der Waals surface area contributed by atoms with Crippen molar-refractivity contribution in [1.82, 2.24) is 5.32 Å². The summed E-state index contributed by atoms with van der Waals surface area (Å²) in [5.74, 6) is -2.06. The first-order valence-electron chi connectivity index (χ1n) is 6.75. The zero-order valence-electron chi connectivity index (χ0n) is 11.6. The smallest absolute Gasteiger partial charge is 0.326 e. The first kappa shape index (κ1) is 16.9. The highest BCUT2D eigenvalue weighted by molar-refractivity contribution is 5.86. The van der Waals surface area contributed by atoms with Crippen molar-refractivity contribution in [2.24, 2.45) is 5.73 Å². The highest BCUT2D eigenvalue weighted by Crippen LogP contribution is 2.11. The van der Waals surface area contributed by atoms with E-state index < -0.39 is 23.7 Å². The molecule has 1 unspecified atom stereocenters. The maximum Gasteiger partial charge on any atom is 0.326 e. The Kier molecular flexibility index (Phi) is 7.17. The van der Waals surface area contributed by atoms with Gasteiger partial charge in [0.05, 0.1) is 12.2 Å². The molecule has 0 heterocycles. The first-order valence-corrected chi connectivity index (χ1v) is 6.75. The second-order valence-corrected chi connectivity index (χ2v) is 4.58. The Balaban J connectivity index is 2.43. The monoisotopic (exact) mass is 297 g/mol. The van der Waals surface area contributed by atoms with Crippen LogP contribution in [-0.2, 0) is 9.59 Å². The van der Waals surface area contributed by atoms with Gasteiger partial charge in [0.2, 0.25) is 5.91 Å².